The van der Waals surface area contributed by atoms with Crippen LogP contribution in [-0.2, 0) is 6.54 Å². The minimum atomic E-state index is 0.230. The first-order valence-corrected chi connectivity index (χ1v) is 6.69. The predicted molar refractivity (Wildman–Crippen MR) is 77.1 cm³/mol. The summed E-state index contributed by atoms with van der Waals surface area (Å²) in [6.45, 7) is 7.18. The zero-order chi connectivity index (χ0) is 13.4. The van der Waals surface area contributed by atoms with Crippen molar-refractivity contribution in [1.82, 2.24) is 10.2 Å². The zero-order valence-corrected chi connectivity index (χ0v) is 12.1. The molecule has 0 aromatic heterocycles. The van der Waals surface area contributed by atoms with Crippen molar-refractivity contribution in [3.63, 3.8) is 0 Å². The molecule has 1 aromatic carbocycles. The molecule has 0 aliphatic heterocycles. The monoisotopic (exact) mass is 250 g/mol. The number of nitrogens with one attached hydrogen (secondary N) is 1. The molecule has 0 amide bonds. The van der Waals surface area contributed by atoms with Gasteiger partial charge in [0, 0.05) is 6.54 Å². The highest BCUT2D eigenvalue weighted by molar-refractivity contribution is 5.28. The third-order valence-electron chi connectivity index (χ3n) is 2.56. The van der Waals surface area contributed by atoms with Crippen LogP contribution in [0.25, 0.3) is 0 Å². The molecule has 0 aliphatic rings. The predicted octanol–water partition coefficient (Wildman–Crippen LogP) is 2.52. The first kappa shape index (κ1) is 15.0. The van der Waals surface area contributed by atoms with Crippen molar-refractivity contribution in [2.24, 2.45) is 0 Å². The van der Waals surface area contributed by atoms with Crippen LogP contribution < -0.4 is 10.1 Å². The molecule has 0 spiro atoms. The minimum Gasteiger partial charge on any atom is -0.491 e. The largest absolute Gasteiger partial charge is 0.491 e. The molecule has 0 heterocycles. The van der Waals surface area contributed by atoms with Gasteiger partial charge in [-0.25, -0.2) is 0 Å². The molecule has 1 N–H and O–H groups in total. The second-order valence-corrected chi connectivity index (χ2v) is 5.15. The SMILES string of the molecule is CC(C)Oc1cccc(CNCCCN(C)C)c1. The van der Waals surface area contributed by atoms with Gasteiger partial charge in [0.25, 0.3) is 0 Å². The summed E-state index contributed by atoms with van der Waals surface area (Å²) in [7, 11) is 4.21. The molecule has 1 rings (SSSR count). The lowest BCUT2D eigenvalue weighted by Gasteiger charge is -2.12. The van der Waals surface area contributed by atoms with E-state index in [0.29, 0.717) is 0 Å². The molecule has 0 saturated heterocycles. The lowest BCUT2D eigenvalue weighted by Crippen LogP contribution is -2.21. The van der Waals surface area contributed by atoms with Crippen LogP contribution in [0.15, 0.2) is 24.3 Å². The number of hydrogen-bond donors (Lipinski definition) is 1. The Labute approximate surface area is 111 Å². The molecule has 0 aliphatic carbocycles. The van der Waals surface area contributed by atoms with Gasteiger partial charge < -0.3 is 15.0 Å². The van der Waals surface area contributed by atoms with Crippen LogP contribution in [0.5, 0.6) is 5.75 Å². The molecule has 102 valence electrons. The third kappa shape index (κ3) is 6.62. The fraction of sp³-hybridized carbons (Fsp3) is 0.600. The van der Waals surface area contributed by atoms with Gasteiger partial charge in [-0.2, -0.15) is 0 Å². The van der Waals surface area contributed by atoms with E-state index in [4.69, 9.17) is 4.74 Å². The van der Waals surface area contributed by atoms with Gasteiger partial charge in [0.15, 0.2) is 0 Å². The minimum absolute atomic E-state index is 0.230. The van der Waals surface area contributed by atoms with E-state index >= 15 is 0 Å². The standard InChI is InChI=1S/C15H26N2O/c1-13(2)18-15-8-5-7-14(11-15)12-16-9-6-10-17(3)4/h5,7-8,11,13,16H,6,9-10,12H2,1-4H3. The Balaban J connectivity index is 2.29. The van der Waals surface area contributed by atoms with Crippen LogP contribution in [0.3, 0.4) is 0 Å². The molecule has 0 fully saturated rings. The Hall–Kier alpha value is -1.06. The van der Waals surface area contributed by atoms with Gasteiger partial charge in [-0.15, -0.1) is 0 Å². The summed E-state index contributed by atoms with van der Waals surface area (Å²) in [6.07, 6.45) is 1.41. The summed E-state index contributed by atoms with van der Waals surface area (Å²) >= 11 is 0. The molecule has 0 radical (unpaired) electrons. The third-order valence-corrected chi connectivity index (χ3v) is 2.56. The number of benzene rings is 1. The van der Waals surface area contributed by atoms with Crippen molar-refractivity contribution in [2.75, 3.05) is 27.2 Å². The molecule has 3 heteroatoms. The summed E-state index contributed by atoms with van der Waals surface area (Å²) in [5, 5.41) is 3.46. The van der Waals surface area contributed by atoms with Crippen LogP contribution in [-0.4, -0.2) is 38.2 Å². The second kappa shape index (κ2) is 8.11. The van der Waals surface area contributed by atoms with E-state index in [-0.39, 0.29) is 6.10 Å². The van der Waals surface area contributed by atoms with E-state index in [1.807, 2.05) is 19.9 Å². The average molecular weight is 250 g/mol. The van der Waals surface area contributed by atoms with E-state index in [2.05, 4.69) is 42.5 Å². The van der Waals surface area contributed by atoms with E-state index < -0.39 is 0 Å². The van der Waals surface area contributed by atoms with E-state index in [0.717, 1.165) is 25.4 Å². The van der Waals surface area contributed by atoms with Gasteiger partial charge in [0.2, 0.25) is 0 Å². The Bertz CT molecular complexity index is 337. The maximum atomic E-state index is 5.68. The van der Waals surface area contributed by atoms with Gasteiger partial charge in [-0.05, 0) is 65.1 Å². The second-order valence-electron chi connectivity index (χ2n) is 5.15. The van der Waals surface area contributed by atoms with Crippen LogP contribution in [0.4, 0.5) is 0 Å². The highest BCUT2D eigenvalue weighted by Gasteiger charge is 1.99. The number of ether oxygens (including phenoxy) is 1. The maximum Gasteiger partial charge on any atom is 0.120 e. The molecular formula is C15H26N2O. The van der Waals surface area contributed by atoms with Crippen molar-refractivity contribution in [3.8, 4) is 5.75 Å². The first-order valence-electron chi connectivity index (χ1n) is 6.69. The Kier molecular flexibility index (Phi) is 6.76. The van der Waals surface area contributed by atoms with Crippen LogP contribution in [0, 0.1) is 0 Å². The summed E-state index contributed by atoms with van der Waals surface area (Å²) in [4.78, 5) is 2.21. The molecule has 3 nitrogen and oxygen atoms in total. The molecular weight excluding hydrogens is 224 g/mol. The highest BCUT2D eigenvalue weighted by Crippen LogP contribution is 2.14. The van der Waals surface area contributed by atoms with Crippen LogP contribution in [0.1, 0.15) is 25.8 Å². The Morgan fingerprint density at radius 3 is 2.72 bits per heavy atom. The van der Waals surface area contributed by atoms with Crippen molar-refractivity contribution >= 4 is 0 Å². The van der Waals surface area contributed by atoms with Gasteiger partial charge >= 0.3 is 0 Å². The fourth-order valence-corrected chi connectivity index (χ4v) is 1.75. The maximum absolute atomic E-state index is 5.68. The lowest BCUT2D eigenvalue weighted by atomic mass is 10.2. The van der Waals surface area contributed by atoms with E-state index in [1.54, 1.807) is 0 Å². The summed E-state index contributed by atoms with van der Waals surface area (Å²) < 4.78 is 5.68. The Morgan fingerprint density at radius 2 is 2.06 bits per heavy atom. The number of nitrogens with zero attached hydrogens (tertiary/aromatic N) is 1. The van der Waals surface area contributed by atoms with E-state index in [9.17, 15) is 0 Å². The van der Waals surface area contributed by atoms with E-state index in [1.165, 1.54) is 12.0 Å². The number of hydrogen-bond acceptors (Lipinski definition) is 3. The van der Waals surface area contributed by atoms with Gasteiger partial charge in [-0.3, -0.25) is 0 Å². The lowest BCUT2D eigenvalue weighted by molar-refractivity contribution is 0.242. The molecule has 0 atom stereocenters. The van der Waals surface area contributed by atoms with Crippen molar-refractivity contribution in [2.45, 2.75) is 32.9 Å². The van der Waals surface area contributed by atoms with Crippen molar-refractivity contribution in [3.05, 3.63) is 29.8 Å². The number of rotatable bonds is 8. The summed E-state index contributed by atoms with van der Waals surface area (Å²) in [5.74, 6) is 0.956. The summed E-state index contributed by atoms with van der Waals surface area (Å²) in [6, 6.07) is 8.30. The zero-order valence-electron chi connectivity index (χ0n) is 12.1. The first-order chi connectivity index (χ1) is 8.58. The van der Waals surface area contributed by atoms with Crippen molar-refractivity contribution < 1.29 is 4.74 Å². The van der Waals surface area contributed by atoms with Gasteiger partial charge in [-0.1, -0.05) is 12.1 Å². The van der Waals surface area contributed by atoms with Crippen molar-refractivity contribution in [1.29, 1.82) is 0 Å². The quantitative estimate of drug-likeness (QED) is 0.718. The van der Waals surface area contributed by atoms with Crippen LogP contribution >= 0.6 is 0 Å². The topological polar surface area (TPSA) is 24.5 Å². The average Bonchev–Trinajstić information content (AvgIpc) is 2.27. The fourth-order valence-electron chi connectivity index (χ4n) is 1.75. The normalized spacial score (nSPS) is 11.2. The van der Waals surface area contributed by atoms with Gasteiger partial charge in [0.05, 0.1) is 6.10 Å². The summed E-state index contributed by atoms with van der Waals surface area (Å²) in [5.41, 5.74) is 1.28. The van der Waals surface area contributed by atoms with Crippen LogP contribution in [0.2, 0.25) is 0 Å². The molecule has 0 bridgehead atoms. The van der Waals surface area contributed by atoms with Gasteiger partial charge in [0.1, 0.15) is 5.75 Å². The molecule has 1 aromatic rings. The highest BCUT2D eigenvalue weighted by atomic mass is 16.5. The Morgan fingerprint density at radius 1 is 1.28 bits per heavy atom. The smallest absolute Gasteiger partial charge is 0.120 e. The molecule has 0 unspecified atom stereocenters. The molecule has 0 saturated carbocycles. The molecule has 18 heavy (non-hydrogen) atoms.